The molecule has 4 nitrogen and oxygen atoms in total. The Morgan fingerprint density at radius 1 is 0.525 bits per heavy atom. The minimum atomic E-state index is -0.121. The predicted octanol–water partition coefficient (Wildman–Crippen LogP) is 13.1. The summed E-state index contributed by atoms with van der Waals surface area (Å²) in [5.41, 5.74) is 20.4. The van der Waals surface area contributed by atoms with Gasteiger partial charge in [0.05, 0.1) is 17.1 Å². The van der Waals surface area contributed by atoms with Gasteiger partial charge in [0.25, 0.3) is 6.71 Å². The number of ether oxygens (including phenoxy) is 2. The number of rotatable bonds is 2. The van der Waals surface area contributed by atoms with Crippen LogP contribution in [0.5, 0.6) is 11.5 Å². The second-order valence-corrected chi connectivity index (χ2v) is 22.8. The topological polar surface area (TPSA) is 24.9 Å². The highest BCUT2D eigenvalue weighted by atomic mass is 32.1. The SMILES string of the molecule is Cc1cc(C(C)(C)C)cc(C)c1N1c2cc(C(C)(C)C)cc3c2B(c2cc(C(C)(C)C)ccc2N3c2c(C)cc3c(c2C)OCO3)c2sc3ccc(C(C)(C)C)cc3c21. The highest BCUT2D eigenvalue weighted by Crippen LogP contribution is 2.53. The summed E-state index contributed by atoms with van der Waals surface area (Å²) in [5, 5.41) is 1.34. The standard InChI is InChI=1S/C53H61BN2O2S/c1-29-21-35(52(11,12)13)22-30(2)45(29)56-41-27-36(53(14,15)16)26-40-44(41)54(49-47(56)37-24-33(50(5,6)7)18-20-43(37)59-49)38-25-34(51(8,9)10)17-19-39(38)55(40)46-31(3)23-42-48(32(46)4)58-28-57-42/h17-27H,28H2,1-16H3. The molecule has 59 heavy (non-hydrogen) atoms. The van der Waals surface area contributed by atoms with Crippen LogP contribution in [0.25, 0.3) is 10.1 Å². The quantitative estimate of drug-likeness (QED) is 0.163. The maximum atomic E-state index is 6.20. The zero-order valence-corrected chi connectivity index (χ0v) is 39.1. The molecule has 0 fully saturated rings. The highest BCUT2D eigenvalue weighted by Gasteiger charge is 2.47. The van der Waals surface area contributed by atoms with E-state index < -0.39 is 0 Å². The third-order valence-corrected chi connectivity index (χ3v) is 14.3. The lowest BCUT2D eigenvalue weighted by molar-refractivity contribution is 0.173. The minimum Gasteiger partial charge on any atom is -0.454 e. The van der Waals surface area contributed by atoms with Gasteiger partial charge in [-0.3, -0.25) is 0 Å². The zero-order valence-electron chi connectivity index (χ0n) is 38.3. The van der Waals surface area contributed by atoms with E-state index in [0.29, 0.717) is 0 Å². The van der Waals surface area contributed by atoms with Gasteiger partial charge in [-0.05, 0) is 136 Å². The third kappa shape index (κ3) is 6.13. The Labute approximate surface area is 357 Å². The highest BCUT2D eigenvalue weighted by molar-refractivity contribution is 7.33. The van der Waals surface area contributed by atoms with Crippen molar-refractivity contribution in [2.75, 3.05) is 16.6 Å². The fraction of sp³-hybridized carbons (Fsp3) is 0.396. The van der Waals surface area contributed by atoms with Crippen molar-refractivity contribution in [3.63, 3.8) is 0 Å². The predicted molar refractivity (Wildman–Crippen MR) is 256 cm³/mol. The molecule has 9 rings (SSSR count). The van der Waals surface area contributed by atoms with Crippen LogP contribution in [0.4, 0.5) is 34.1 Å². The molecule has 0 saturated heterocycles. The second-order valence-electron chi connectivity index (χ2n) is 21.7. The number of hydrogen-bond acceptors (Lipinski definition) is 5. The first-order valence-electron chi connectivity index (χ1n) is 21.5. The van der Waals surface area contributed by atoms with Gasteiger partial charge in [-0.25, -0.2) is 0 Å². The molecule has 0 unspecified atom stereocenters. The summed E-state index contributed by atoms with van der Waals surface area (Å²) in [5.74, 6) is 1.67. The number of aryl methyl sites for hydroxylation is 3. The van der Waals surface area contributed by atoms with Gasteiger partial charge >= 0.3 is 0 Å². The van der Waals surface area contributed by atoms with E-state index >= 15 is 0 Å². The van der Waals surface area contributed by atoms with Crippen molar-refractivity contribution in [2.45, 2.75) is 132 Å². The average molecular weight is 801 g/mol. The van der Waals surface area contributed by atoms with Gasteiger partial charge in [-0.1, -0.05) is 113 Å². The van der Waals surface area contributed by atoms with Crippen molar-refractivity contribution in [3.8, 4) is 11.5 Å². The Morgan fingerprint density at radius 3 is 1.68 bits per heavy atom. The van der Waals surface area contributed by atoms with E-state index in [1.54, 1.807) is 0 Å². The maximum absolute atomic E-state index is 6.20. The first kappa shape index (κ1) is 39.8. The van der Waals surface area contributed by atoms with Crippen molar-refractivity contribution >= 4 is 78.0 Å². The number of nitrogens with zero attached hydrogens (tertiary/aromatic N) is 2. The van der Waals surface area contributed by atoms with Gasteiger partial charge in [-0.15, -0.1) is 11.3 Å². The van der Waals surface area contributed by atoms with Crippen molar-refractivity contribution in [3.05, 3.63) is 111 Å². The summed E-state index contributed by atoms with van der Waals surface area (Å²) < 4.78 is 14.9. The number of benzene rings is 5. The van der Waals surface area contributed by atoms with Crippen molar-refractivity contribution < 1.29 is 9.47 Å². The summed E-state index contributed by atoms with van der Waals surface area (Å²) >= 11 is 1.99. The van der Waals surface area contributed by atoms with E-state index in [0.717, 1.165) is 22.7 Å². The monoisotopic (exact) mass is 800 g/mol. The Kier molecular flexibility index (Phi) is 8.70. The average Bonchev–Trinajstić information content (AvgIpc) is 3.75. The van der Waals surface area contributed by atoms with E-state index in [-0.39, 0.29) is 35.2 Å². The molecular weight excluding hydrogens is 739 g/mol. The Balaban J connectivity index is 1.48. The Bertz CT molecular complexity index is 2720. The molecule has 4 heterocycles. The molecule has 3 aliphatic heterocycles. The van der Waals surface area contributed by atoms with E-state index in [4.69, 9.17) is 9.47 Å². The summed E-state index contributed by atoms with van der Waals surface area (Å²) in [4.78, 5) is 5.27. The van der Waals surface area contributed by atoms with Crippen LogP contribution in [0.15, 0.2) is 66.7 Å². The summed E-state index contributed by atoms with van der Waals surface area (Å²) in [6, 6.07) is 26.7. The van der Waals surface area contributed by atoms with Crippen molar-refractivity contribution in [1.82, 2.24) is 0 Å². The molecule has 0 saturated carbocycles. The van der Waals surface area contributed by atoms with Crippen LogP contribution in [0.3, 0.4) is 0 Å². The second kappa shape index (κ2) is 12.9. The summed E-state index contributed by atoms with van der Waals surface area (Å²) in [6.07, 6.45) is 0. The van der Waals surface area contributed by atoms with Crippen LogP contribution in [-0.4, -0.2) is 13.5 Å². The summed E-state index contributed by atoms with van der Waals surface area (Å²) in [7, 11) is 0. The molecule has 0 spiro atoms. The number of hydrogen-bond donors (Lipinski definition) is 0. The molecule has 0 radical (unpaired) electrons. The lowest BCUT2D eigenvalue weighted by Crippen LogP contribution is -2.61. The smallest absolute Gasteiger partial charge is 0.264 e. The van der Waals surface area contributed by atoms with Gasteiger partial charge in [0.1, 0.15) is 0 Å². The number of anilines is 6. The molecule has 5 aromatic carbocycles. The van der Waals surface area contributed by atoms with Gasteiger partial charge in [0, 0.05) is 37.5 Å². The molecule has 6 aromatic rings. The van der Waals surface area contributed by atoms with Gasteiger partial charge < -0.3 is 19.3 Å². The van der Waals surface area contributed by atoms with Gasteiger partial charge in [-0.2, -0.15) is 0 Å². The molecule has 0 N–H and O–H groups in total. The van der Waals surface area contributed by atoms with E-state index in [1.165, 1.54) is 93.2 Å². The minimum absolute atomic E-state index is 0.00701. The fourth-order valence-electron chi connectivity index (χ4n) is 9.77. The van der Waals surface area contributed by atoms with Crippen molar-refractivity contribution in [2.24, 2.45) is 0 Å². The molecule has 0 amide bonds. The molecule has 3 aliphatic rings. The number of thiophene rings is 1. The fourth-order valence-corrected chi connectivity index (χ4v) is 11.1. The first-order chi connectivity index (χ1) is 27.4. The molecule has 0 aliphatic carbocycles. The largest absolute Gasteiger partial charge is 0.454 e. The van der Waals surface area contributed by atoms with Crippen LogP contribution < -0.4 is 35.0 Å². The van der Waals surface area contributed by atoms with E-state index in [1.807, 2.05) is 11.3 Å². The van der Waals surface area contributed by atoms with Gasteiger partial charge in [0.15, 0.2) is 11.5 Å². The van der Waals surface area contributed by atoms with E-state index in [9.17, 15) is 0 Å². The molecule has 0 atom stereocenters. The Hall–Kier alpha value is -4.68. The normalized spacial score (nSPS) is 14.9. The van der Waals surface area contributed by atoms with Gasteiger partial charge in [0.2, 0.25) is 6.79 Å². The first-order valence-corrected chi connectivity index (χ1v) is 22.3. The Morgan fingerprint density at radius 2 is 1.07 bits per heavy atom. The zero-order chi connectivity index (χ0) is 42.5. The van der Waals surface area contributed by atoms with Crippen LogP contribution in [-0.2, 0) is 21.7 Å². The maximum Gasteiger partial charge on any atom is 0.264 e. The van der Waals surface area contributed by atoms with Crippen LogP contribution in [0.2, 0.25) is 0 Å². The summed E-state index contributed by atoms with van der Waals surface area (Å²) in [6.45, 7) is 37.4. The lowest BCUT2D eigenvalue weighted by Gasteiger charge is -2.45. The molecule has 0 bridgehead atoms. The van der Waals surface area contributed by atoms with E-state index in [2.05, 4.69) is 187 Å². The molecule has 304 valence electrons. The number of fused-ring (bicyclic) bond motifs is 7. The molecule has 1 aromatic heterocycles. The third-order valence-electron chi connectivity index (χ3n) is 13.1. The van der Waals surface area contributed by atoms with Crippen LogP contribution in [0, 0.1) is 27.7 Å². The lowest BCUT2D eigenvalue weighted by atomic mass is 9.36. The van der Waals surface area contributed by atoms with Crippen LogP contribution in [0.1, 0.15) is 128 Å². The van der Waals surface area contributed by atoms with Crippen LogP contribution >= 0.6 is 11.3 Å². The molecular formula is C53H61BN2O2S. The molecule has 6 heteroatoms. The van der Waals surface area contributed by atoms with Crippen molar-refractivity contribution in [1.29, 1.82) is 0 Å².